The van der Waals surface area contributed by atoms with Crippen LogP contribution in [0.15, 0.2) is 42.5 Å². The Morgan fingerprint density at radius 1 is 1.05 bits per heavy atom. The van der Waals surface area contributed by atoms with Crippen LogP contribution < -0.4 is 5.32 Å². The molecule has 2 N–H and O–H groups in total. The minimum atomic E-state index is -0.404. The molecule has 0 saturated carbocycles. The van der Waals surface area contributed by atoms with Crippen molar-refractivity contribution in [3.8, 4) is 0 Å². The minimum Gasteiger partial charge on any atom is -0.396 e. The molecule has 0 radical (unpaired) electrons. The number of halogens is 2. The third kappa shape index (κ3) is 3.94. The fourth-order valence-electron chi connectivity index (χ4n) is 1.77. The van der Waals surface area contributed by atoms with Gasteiger partial charge in [-0.3, -0.25) is 0 Å². The van der Waals surface area contributed by atoms with Crippen LogP contribution in [0.1, 0.15) is 11.1 Å². The van der Waals surface area contributed by atoms with Crippen molar-refractivity contribution in [3.63, 3.8) is 0 Å². The molecule has 0 aliphatic rings. The van der Waals surface area contributed by atoms with Gasteiger partial charge in [-0.2, -0.15) is 0 Å². The molecule has 0 aromatic heterocycles. The first-order valence-electron chi connectivity index (χ1n) is 6.06. The molecule has 0 spiro atoms. The number of aliphatic hydroxyl groups excluding tert-OH is 1. The average molecular weight is 280 g/mol. The zero-order chi connectivity index (χ0) is 13.7. The number of hydrogen-bond acceptors (Lipinski definition) is 2. The van der Waals surface area contributed by atoms with Crippen molar-refractivity contribution in [2.45, 2.75) is 13.0 Å². The molecule has 4 heteroatoms. The Morgan fingerprint density at radius 3 is 2.37 bits per heavy atom. The number of aliphatic hydroxyl groups is 1. The van der Waals surface area contributed by atoms with Crippen molar-refractivity contribution < 1.29 is 9.50 Å². The SMILES string of the molecule is OCCc1ccc(NCc2ccc(F)c(Cl)c2)cc1. The number of benzene rings is 2. The van der Waals surface area contributed by atoms with Gasteiger partial charge in [0.2, 0.25) is 0 Å². The predicted molar refractivity (Wildman–Crippen MR) is 76.0 cm³/mol. The molecule has 19 heavy (non-hydrogen) atoms. The zero-order valence-electron chi connectivity index (χ0n) is 10.4. The highest BCUT2D eigenvalue weighted by Crippen LogP contribution is 2.17. The molecule has 0 heterocycles. The Morgan fingerprint density at radius 2 is 1.74 bits per heavy atom. The first-order chi connectivity index (χ1) is 9.19. The summed E-state index contributed by atoms with van der Waals surface area (Å²) in [6.45, 7) is 0.736. The maximum atomic E-state index is 13.0. The number of hydrogen-bond donors (Lipinski definition) is 2. The summed E-state index contributed by atoms with van der Waals surface area (Å²) in [5, 5.41) is 12.2. The highest BCUT2D eigenvalue weighted by Gasteiger charge is 2.01. The second kappa shape index (κ2) is 6.55. The Balaban J connectivity index is 1.96. The van der Waals surface area contributed by atoms with Gasteiger partial charge in [0.1, 0.15) is 5.82 Å². The second-order valence-electron chi connectivity index (χ2n) is 4.27. The van der Waals surface area contributed by atoms with Gasteiger partial charge < -0.3 is 10.4 Å². The lowest BCUT2D eigenvalue weighted by Gasteiger charge is -2.08. The topological polar surface area (TPSA) is 32.3 Å². The largest absolute Gasteiger partial charge is 0.396 e. The van der Waals surface area contributed by atoms with Gasteiger partial charge >= 0.3 is 0 Å². The predicted octanol–water partition coefficient (Wildman–Crippen LogP) is 3.63. The summed E-state index contributed by atoms with van der Waals surface area (Å²) in [6.07, 6.45) is 0.661. The minimum absolute atomic E-state index is 0.137. The maximum absolute atomic E-state index is 13.0. The zero-order valence-corrected chi connectivity index (χ0v) is 11.1. The molecule has 2 nitrogen and oxygen atoms in total. The van der Waals surface area contributed by atoms with E-state index in [1.165, 1.54) is 6.07 Å². The van der Waals surface area contributed by atoms with Crippen LogP contribution in [0.25, 0.3) is 0 Å². The number of rotatable bonds is 5. The first-order valence-corrected chi connectivity index (χ1v) is 6.44. The lowest BCUT2D eigenvalue weighted by atomic mass is 10.1. The monoisotopic (exact) mass is 279 g/mol. The lowest BCUT2D eigenvalue weighted by molar-refractivity contribution is 0.299. The molecule has 0 saturated heterocycles. The molecule has 0 aliphatic carbocycles. The van der Waals surface area contributed by atoms with Crippen molar-refractivity contribution in [2.75, 3.05) is 11.9 Å². The standard InChI is InChI=1S/C15H15ClFNO/c16-14-9-12(3-6-15(14)17)10-18-13-4-1-11(2-5-13)7-8-19/h1-6,9,18-19H,7-8,10H2. The van der Waals surface area contributed by atoms with Gasteiger partial charge in [-0.1, -0.05) is 29.8 Å². The van der Waals surface area contributed by atoms with Crippen molar-refractivity contribution >= 4 is 17.3 Å². The molecular weight excluding hydrogens is 265 g/mol. The molecule has 2 rings (SSSR count). The quantitative estimate of drug-likeness (QED) is 0.876. The van der Waals surface area contributed by atoms with Gasteiger partial charge in [-0.25, -0.2) is 4.39 Å². The second-order valence-corrected chi connectivity index (χ2v) is 4.68. The van der Waals surface area contributed by atoms with E-state index in [0.717, 1.165) is 16.8 Å². The number of anilines is 1. The van der Waals surface area contributed by atoms with Gasteiger partial charge in [0, 0.05) is 18.8 Å². The lowest BCUT2D eigenvalue weighted by Crippen LogP contribution is -2.00. The summed E-state index contributed by atoms with van der Waals surface area (Å²) < 4.78 is 13.0. The van der Waals surface area contributed by atoms with E-state index in [2.05, 4.69) is 5.32 Å². The molecular formula is C15H15ClFNO. The third-order valence-corrected chi connectivity index (χ3v) is 3.12. The van der Waals surface area contributed by atoms with Crippen LogP contribution in [0.5, 0.6) is 0 Å². The summed E-state index contributed by atoms with van der Waals surface area (Å²) in [6, 6.07) is 12.5. The molecule has 100 valence electrons. The van der Waals surface area contributed by atoms with E-state index in [-0.39, 0.29) is 11.6 Å². The van der Waals surface area contributed by atoms with Gasteiger partial charge in [0.25, 0.3) is 0 Å². The molecule has 0 amide bonds. The van der Waals surface area contributed by atoms with Crippen molar-refractivity contribution in [3.05, 3.63) is 64.4 Å². The van der Waals surface area contributed by atoms with Crippen LogP contribution in [0, 0.1) is 5.82 Å². The number of nitrogens with one attached hydrogen (secondary N) is 1. The molecule has 0 aliphatic heterocycles. The summed E-state index contributed by atoms with van der Waals surface area (Å²) in [5.41, 5.74) is 2.99. The molecule has 0 unspecified atom stereocenters. The highest BCUT2D eigenvalue weighted by atomic mass is 35.5. The van der Waals surface area contributed by atoms with E-state index >= 15 is 0 Å². The van der Waals surface area contributed by atoms with Crippen LogP contribution in [0.3, 0.4) is 0 Å². The average Bonchev–Trinajstić information content (AvgIpc) is 2.42. The molecule has 0 bridgehead atoms. The fraction of sp³-hybridized carbons (Fsp3) is 0.200. The highest BCUT2D eigenvalue weighted by molar-refractivity contribution is 6.30. The van der Waals surface area contributed by atoms with E-state index in [0.29, 0.717) is 13.0 Å². The van der Waals surface area contributed by atoms with Crippen LogP contribution in [-0.2, 0) is 13.0 Å². The van der Waals surface area contributed by atoms with Crippen molar-refractivity contribution in [2.24, 2.45) is 0 Å². The third-order valence-electron chi connectivity index (χ3n) is 2.84. The van der Waals surface area contributed by atoms with E-state index in [1.54, 1.807) is 12.1 Å². The summed E-state index contributed by atoms with van der Waals surface area (Å²) in [4.78, 5) is 0. The van der Waals surface area contributed by atoms with Gasteiger partial charge in [-0.05, 0) is 41.8 Å². The fourth-order valence-corrected chi connectivity index (χ4v) is 1.98. The van der Waals surface area contributed by atoms with Gasteiger partial charge in [0.05, 0.1) is 5.02 Å². The van der Waals surface area contributed by atoms with Crippen molar-refractivity contribution in [1.82, 2.24) is 0 Å². The summed E-state index contributed by atoms with van der Waals surface area (Å²) in [7, 11) is 0. The van der Waals surface area contributed by atoms with Crippen LogP contribution in [0.2, 0.25) is 5.02 Å². The van der Waals surface area contributed by atoms with E-state index < -0.39 is 5.82 Å². The van der Waals surface area contributed by atoms with Crippen LogP contribution in [0.4, 0.5) is 10.1 Å². The van der Waals surface area contributed by atoms with E-state index in [9.17, 15) is 4.39 Å². The molecule has 0 atom stereocenters. The summed E-state index contributed by atoms with van der Waals surface area (Å²) in [5.74, 6) is -0.404. The van der Waals surface area contributed by atoms with E-state index in [4.69, 9.17) is 16.7 Å². The summed E-state index contributed by atoms with van der Waals surface area (Å²) >= 11 is 5.72. The molecule has 2 aromatic carbocycles. The van der Waals surface area contributed by atoms with Crippen LogP contribution >= 0.6 is 11.6 Å². The van der Waals surface area contributed by atoms with Crippen LogP contribution in [-0.4, -0.2) is 11.7 Å². The maximum Gasteiger partial charge on any atom is 0.141 e. The molecule has 0 fully saturated rings. The Hall–Kier alpha value is -1.58. The Kier molecular flexibility index (Phi) is 4.77. The normalized spacial score (nSPS) is 10.5. The van der Waals surface area contributed by atoms with Gasteiger partial charge in [-0.15, -0.1) is 0 Å². The smallest absolute Gasteiger partial charge is 0.141 e. The Labute approximate surface area is 116 Å². The first kappa shape index (κ1) is 13.8. The van der Waals surface area contributed by atoms with E-state index in [1.807, 2.05) is 24.3 Å². The molecule has 2 aromatic rings. The Bertz CT molecular complexity index is 542. The van der Waals surface area contributed by atoms with Crippen molar-refractivity contribution in [1.29, 1.82) is 0 Å². The van der Waals surface area contributed by atoms with Gasteiger partial charge in [0.15, 0.2) is 0 Å².